The fourth-order valence-corrected chi connectivity index (χ4v) is 7.27. The molecule has 12 nitrogen and oxygen atoms in total. The number of benzene rings is 1. The predicted octanol–water partition coefficient (Wildman–Crippen LogP) is 3.26. The zero-order chi connectivity index (χ0) is 32.2. The van der Waals surface area contributed by atoms with E-state index in [0.29, 0.717) is 21.9 Å². The number of carbonyl (C=O) groups excluding carboxylic acids is 4. The van der Waals surface area contributed by atoms with E-state index in [4.69, 9.17) is 30.6 Å². The number of aryl methyl sites for hydroxylation is 1. The van der Waals surface area contributed by atoms with Gasteiger partial charge in [0.25, 0.3) is 0 Å². The van der Waals surface area contributed by atoms with E-state index in [0.717, 1.165) is 4.90 Å². The maximum absolute atomic E-state index is 13.5. The fourth-order valence-electron chi connectivity index (χ4n) is 4.56. The number of Topliss-reactive ketones (excluding diaryl/α,β-unsaturated/α-hetero) is 1. The number of aromatic nitrogens is 1. The number of ether oxygens (including phenoxy) is 3. The highest BCUT2D eigenvalue weighted by Crippen LogP contribution is 2.41. The lowest BCUT2D eigenvalue weighted by Crippen LogP contribution is -2.66. The van der Waals surface area contributed by atoms with Gasteiger partial charge in [-0.1, -0.05) is 17.3 Å². The molecular formula is C29H32ClN3O9S2. The molecule has 3 heterocycles. The van der Waals surface area contributed by atoms with Gasteiger partial charge in [-0.05, 0) is 51.0 Å². The maximum Gasteiger partial charge on any atom is 0.355 e. The van der Waals surface area contributed by atoms with Gasteiger partial charge in [0.1, 0.15) is 34.7 Å². The third-order valence-corrected chi connectivity index (χ3v) is 9.30. The zero-order valence-corrected chi connectivity index (χ0v) is 27.2. The van der Waals surface area contributed by atoms with Crippen LogP contribution in [0.3, 0.4) is 0 Å². The Balaban J connectivity index is 1.49. The molecular weight excluding hydrogens is 634 g/mol. The van der Waals surface area contributed by atoms with Crippen molar-refractivity contribution in [3.05, 3.63) is 57.2 Å². The summed E-state index contributed by atoms with van der Waals surface area (Å²) in [6, 6.07) is 6.91. The first kappa shape index (κ1) is 33.3. The van der Waals surface area contributed by atoms with Crippen LogP contribution in [0, 0.1) is 12.8 Å². The molecule has 4 rings (SSSR count). The molecule has 0 aliphatic carbocycles. The van der Waals surface area contributed by atoms with Crippen molar-refractivity contribution in [1.82, 2.24) is 9.88 Å². The van der Waals surface area contributed by atoms with E-state index in [1.54, 1.807) is 57.3 Å². The lowest BCUT2D eigenvalue weighted by molar-refractivity contribution is -0.160. The number of hydrogen-bond acceptors (Lipinski definition) is 12. The topological polar surface area (TPSA) is 151 Å². The quantitative estimate of drug-likeness (QED) is 0.109. The number of methoxy groups -OCH3 is 1. The second kappa shape index (κ2) is 14.0. The van der Waals surface area contributed by atoms with Crippen LogP contribution in [0.1, 0.15) is 43.5 Å². The van der Waals surface area contributed by atoms with Gasteiger partial charge in [0.15, 0.2) is 11.5 Å². The number of halogens is 1. The Morgan fingerprint density at radius 3 is 2.50 bits per heavy atom. The minimum Gasteiger partial charge on any atom is -0.497 e. The summed E-state index contributed by atoms with van der Waals surface area (Å²) in [5.41, 5.74) is 0.231. The van der Waals surface area contributed by atoms with Crippen LogP contribution in [0.25, 0.3) is 0 Å². The molecule has 3 unspecified atom stereocenters. The molecule has 44 heavy (non-hydrogen) atoms. The van der Waals surface area contributed by atoms with Gasteiger partial charge < -0.3 is 19.0 Å². The van der Waals surface area contributed by atoms with Crippen LogP contribution in [0.5, 0.6) is 5.75 Å². The van der Waals surface area contributed by atoms with Gasteiger partial charge >= 0.3 is 11.9 Å². The molecule has 1 amide bonds. The van der Waals surface area contributed by atoms with E-state index >= 15 is 0 Å². The molecule has 0 bridgehead atoms. The molecule has 1 fully saturated rings. The van der Waals surface area contributed by atoms with Crippen molar-refractivity contribution in [1.29, 1.82) is 0 Å². The van der Waals surface area contributed by atoms with Gasteiger partial charge in [-0.3, -0.25) is 18.7 Å². The van der Waals surface area contributed by atoms with Crippen LogP contribution < -0.4 is 4.74 Å². The number of β-lactam (4-membered cyclic amide) rings is 1. The summed E-state index contributed by atoms with van der Waals surface area (Å²) >= 11 is 7.36. The van der Waals surface area contributed by atoms with Crippen molar-refractivity contribution in [2.45, 2.75) is 51.7 Å². The van der Waals surface area contributed by atoms with Crippen molar-refractivity contribution in [3.8, 4) is 5.75 Å². The first-order chi connectivity index (χ1) is 20.8. The molecule has 236 valence electrons. The van der Waals surface area contributed by atoms with E-state index in [1.807, 2.05) is 0 Å². The van der Waals surface area contributed by atoms with E-state index in [2.05, 4.69) is 10.1 Å². The summed E-state index contributed by atoms with van der Waals surface area (Å²) in [5.74, 6) is -3.19. The van der Waals surface area contributed by atoms with Crippen LogP contribution in [-0.2, 0) is 50.9 Å². The fraction of sp³-hybridized carbons (Fsp3) is 0.448. The molecule has 0 spiro atoms. The number of amides is 1. The minimum atomic E-state index is -1.64. The van der Waals surface area contributed by atoms with Crippen molar-refractivity contribution < 1.29 is 42.4 Å². The normalized spacial score (nSPS) is 20.0. The first-order valence-corrected chi connectivity index (χ1v) is 16.3. The maximum atomic E-state index is 13.5. The number of oxime groups is 1. The van der Waals surface area contributed by atoms with Gasteiger partial charge in [0, 0.05) is 28.5 Å². The second-order valence-corrected chi connectivity index (χ2v) is 13.8. The Morgan fingerprint density at radius 1 is 1.20 bits per heavy atom. The Bertz CT molecular complexity index is 1530. The zero-order valence-electron chi connectivity index (χ0n) is 24.8. The summed E-state index contributed by atoms with van der Waals surface area (Å²) in [6.45, 7) is 6.22. The standard InChI is InChI=1S/C29H32ClN3O9S2/c1-16-31-21(14-43-16)24(32-41-13-23(35)42-29(2,3)4)22(34)10-20-26(36)33-25(18(11-30)15-44(38)27(20)33)28(37)40-12-17-6-8-19(39-5)9-7-17/h6-9,14,20,27H,10-13,15H2,1-5H3/b32-24-. The van der Waals surface area contributed by atoms with E-state index in [9.17, 15) is 23.4 Å². The minimum absolute atomic E-state index is 0.0547. The molecule has 1 saturated heterocycles. The average molecular weight is 666 g/mol. The summed E-state index contributed by atoms with van der Waals surface area (Å²) in [7, 11) is -0.0990. The predicted molar refractivity (Wildman–Crippen MR) is 162 cm³/mol. The highest BCUT2D eigenvalue weighted by atomic mass is 35.5. The summed E-state index contributed by atoms with van der Waals surface area (Å²) in [5, 5.41) is 5.18. The van der Waals surface area contributed by atoms with Gasteiger partial charge in [-0.15, -0.1) is 22.9 Å². The van der Waals surface area contributed by atoms with Crippen LogP contribution in [0.2, 0.25) is 0 Å². The third-order valence-electron chi connectivity index (χ3n) is 6.49. The van der Waals surface area contributed by atoms with Crippen LogP contribution in [-0.4, -0.2) is 79.8 Å². The van der Waals surface area contributed by atoms with Crippen molar-refractivity contribution in [2.24, 2.45) is 11.1 Å². The number of rotatable bonds is 12. The molecule has 0 radical (unpaired) electrons. The summed E-state index contributed by atoms with van der Waals surface area (Å²) in [6.07, 6.45) is -0.374. The van der Waals surface area contributed by atoms with Crippen LogP contribution >= 0.6 is 22.9 Å². The molecule has 1 aromatic heterocycles. The number of carbonyl (C=O) groups is 4. The third kappa shape index (κ3) is 7.71. The molecule has 2 aliphatic rings. The molecule has 2 aromatic rings. The highest BCUT2D eigenvalue weighted by Gasteiger charge is 2.57. The Hall–Kier alpha value is -3.62. The number of fused-ring (bicyclic) bond motifs is 1. The van der Waals surface area contributed by atoms with E-state index in [-0.39, 0.29) is 41.8 Å². The average Bonchev–Trinajstić information content (AvgIpc) is 3.40. The molecule has 1 aromatic carbocycles. The Morgan fingerprint density at radius 2 is 1.91 bits per heavy atom. The largest absolute Gasteiger partial charge is 0.497 e. The Kier molecular flexibility index (Phi) is 10.6. The SMILES string of the molecule is COc1ccc(COC(=O)C2=C(CCl)CS(=O)C3C(CC(=O)/C(=N\OCC(=O)OC(C)(C)C)c4csc(C)n4)C(=O)N23)cc1. The van der Waals surface area contributed by atoms with Crippen LogP contribution in [0.4, 0.5) is 0 Å². The lowest BCUT2D eigenvalue weighted by atomic mass is 9.89. The van der Waals surface area contributed by atoms with Crippen molar-refractivity contribution in [3.63, 3.8) is 0 Å². The van der Waals surface area contributed by atoms with Crippen LogP contribution in [0.15, 0.2) is 46.1 Å². The lowest BCUT2D eigenvalue weighted by Gasteiger charge is -2.49. The van der Waals surface area contributed by atoms with Gasteiger partial charge in [-0.25, -0.2) is 14.6 Å². The summed E-state index contributed by atoms with van der Waals surface area (Å²) in [4.78, 5) is 62.6. The number of ketones is 1. The molecule has 0 N–H and O–H groups in total. The molecule has 15 heteroatoms. The highest BCUT2D eigenvalue weighted by molar-refractivity contribution is 7.86. The Labute approximate surface area is 265 Å². The monoisotopic (exact) mass is 665 g/mol. The van der Waals surface area contributed by atoms with Gasteiger partial charge in [0.05, 0.1) is 23.8 Å². The van der Waals surface area contributed by atoms with E-state index < -0.39 is 57.9 Å². The van der Waals surface area contributed by atoms with Gasteiger partial charge in [-0.2, -0.15) is 0 Å². The summed E-state index contributed by atoms with van der Waals surface area (Å²) < 4.78 is 29.0. The molecule has 0 saturated carbocycles. The number of thiazole rings is 1. The number of hydrogen-bond donors (Lipinski definition) is 0. The molecule has 3 atom stereocenters. The second-order valence-electron chi connectivity index (χ2n) is 10.9. The van der Waals surface area contributed by atoms with Crippen molar-refractivity contribution >= 4 is 63.1 Å². The number of alkyl halides is 1. The number of esters is 2. The first-order valence-electron chi connectivity index (χ1n) is 13.5. The number of nitrogens with zero attached hydrogens (tertiary/aromatic N) is 3. The smallest absolute Gasteiger partial charge is 0.355 e. The van der Waals surface area contributed by atoms with Crippen molar-refractivity contribution in [2.75, 3.05) is 25.3 Å². The van der Waals surface area contributed by atoms with E-state index in [1.165, 1.54) is 18.4 Å². The van der Waals surface area contributed by atoms with Gasteiger partial charge in [0.2, 0.25) is 12.5 Å². The molecule has 2 aliphatic heterocycles.